The molecule has 0 bridgehead atoms. The average Bonchev–Trinajstić information content (AvgIpc) is 2.43. The lowest BCUT2D eigenvalue weighted by atomic mass is 10.3. The maximum atomic E-state index is 11.5. The van der Waals surface area contributed by atoms with Crippen LogP contribution in [0.2, 0.25) is 0 Å². The highest BCUT2D eigenvalue weighted by Crippen LogP contribution is 2.15. The SMILES string of the molecule is CNCCC(=O)Nc1ccc(OCC(=O)N(C)C)cc1.Cl. The van der Waals surface area contributed by atoms with Crippen molar-refractivity contribution < 1.29 is 14.3 Å². The zero-order chi connectivity index (χ0) is 15.0. The van der Waals surface area contributed by atoms with Crippen LogP contribution in [0.25, 0.3) is 0 Å². The number of halogens is 1. The van der Waals surface area contributed by atoms with E-state index in [2.05, 4.69) is 10.6 Å². The second kappa shape index (κ2) is 10.0. The highest BCUT2D eigenvalue weighted by atomic mass is 35.5. The minimum Gasteiger partial charge on any atom is -0.484 e. The van der Waals surface area contributed by atoms with Crippen LogP contribution in [0.15, 0.2) is 24.3 Å². The lowest BCUT2D eigenvalue weighted by Crippen LogP contribution is -2.27. The minimum absolute atomic E-state index is 0. The molecule has 6 nitrogen and oxygen atoms in total. The van der Waals surface area contributed by atoms with Crippen molar-refractivity contribution in [2.75, 3.05) is 39.6 Å². The highest BCUT2D eigenvalue weighted by molar-refractivity contribution is 5.90. The third-order valence-corrected chi connectivity index (χ3v) is 2.60. The Kier molecular flexibility index (Phi) is 9.16. The first-order valence-corrected chi connectivity index (χ1v) is 6.40. The van der Waals surface area contributed by atoms with Crippen LogP contribution >= 0.6 is 12.4 Å². The van der Waals surface area contributed by atoms with E-state index < -0.39 is 0 Å². The monoisotopic (exact) mass is 315 g/mol. The topological polar surface area (TPSA) is 70.7 Å². The molecule has 0 aliphatic heterocycles. The molecule has 0 atom stereocenters. The van der Waals surface area contributed by atoms with Crippen molar-refractivity contribution in [3.05, 3.63) is 24.3 Å². The summed E-state index contributed by atoms with van der Waals surface area (Å²) in [5.41, 5.74) is 0.706. The normalized spacial score (nSPS) is 9.48. The Labute approximate surface area is 131 Å². The first-order chi connectivity index (χ1) is 9.52. The fourth-order valence-electron chi connectivity index (χ4n) is 1.37. The molecule has 0 radical (unpaired) electrons. The van der Waals surface area contributed by atoms with Gasteiger partial charge in [-0.05, 0) is 31.3 Å². The third kappa shape index (κ3) is 7.53. The standard InChI is InChI=1S/C14H21N3O3.ClH/c1-15-9-8-13(18)16-11-4-6-12(7-5-11)20-10-14(19)17(2)3;/h4-7,15H,8-10H2,1-3H3,(H,16,18);1H. The molecule has 0 heterocycles. The Bertz CT molecular complexity index is 449. The van der Waals surface area contributed by atoms with Crippen LogP contribution in [0.1, 0.15) is 6.42 Å². The van der Waals surface area contributed by atoms with E-state index >= 15 is 0 Å². The van der Waals surface area contributed by atoms with Crippen LogP contribution in [0.5, 0.6) is 5.75 Å². The Morgan fingerprint density at radius 1 is 1.19 bits per heavy atom. The molecule has 1 rings (SSSR count). The minimum atomic E-state index is -0.102. The van der Waals surface area contributed by atoms with Crippen molar-refractivity contribution in [3.8, 4) is 5.75 Å². The van der Waals surface area contributed by atoms with Gasteiger partial charge in [0.1, 0.15) is 5.75 Å². The number of carbonyl (C=O) groups excluding carboxylic acids is 2. The number of carbonyl (C=O) groups is 2. The van der Waals surface area contributed by atoms with E-state index in [-0.39, 0.29) is 30.8 Å². The molecule has 0 fully saturated rings. The molecule has 1 aromatic carbocycles. The zero-order valence-electron chi connectivity index (χ0n) is 12.5. The van der Waals surface area contributed by atoms with Gasteiger partial charge in [-0.15, -0.1) is 12.4 Å². The second-order valence-electron chi connectivity index (χ2n) is 4.50. The van der Waals surface area contributed by atoms with Crippen LogP contribution < -0.4 is 15.4 Å². The molecule has 0 aliphatic carbocycles. The van der Waals surface area contributed by atoms with Crippen molar-refractivity contribution in [1.82, 2.24) is 10.2 Å². The number of rotatable bonds is 7. The Balaban J connectivity index is 0.00000400. The zero-order valence-corrected chi connectivity index (χ0v) is 13.3. The van der Waals surface area contributed by atoms with Gasteiger partial charge in [0.05, 0.1) is 0 Å². The van der Waals surface area contributed by atoms with Gasteiger partial charge >= 0.3 is 0 Å². The number of hydrogen-bond donors (Lipinski definition) is 2. The van der Waals surface area contributed by atoms with E-state index in [1.165, 1.54) is 4.90 Å². The van der Waals surface area contributed by atoms with Gasteiger partial charge in [0, 0.05) is 32.7 Å². The van der Waals surface area contributed by atoms with Crippen molar-refractivity contribution >= 4 is 29.9 Å². The number of likely N-dealkylation sites (N-methyl/N-ethyl adjacent to an activating group) is 1. The maximum absolute atomic E-state index is 11.5. The van der Waals surface area contributed by atoms with Gasteiger partial charge < -0.3 is 20.3 Å². The summed E-state index contributed by atoms with van der Waals surface area (Å²) in [5.74, 6) is 0.443. The quantitative estimate of drug-likeness (QED) is 0.791. The lowest BCUT2D eigenvalue weighted by molar-refractivity contribution is -0.130. The molecule has 0 aromatic heterocycles. The molecule has 1 aromatic rings. The van der Waals surface area contributed by atoms with Gasteiger partial charge in [-0.2, -0.15) is 0 Å². The van der Waals surface area contributed by atoms with Crippen molar-refractivity contribution in [1.29, 1.82) is 0 Å². The Morgan fingerprint density at radius 2 is 1.81 bits per heavy atom. The maximum Gasteiger partial charge on any atom is 0.259 e. The van der Waals surface area contributed by atoms with Crippen LogP contribution in [0.4, 0.5) is 5.69 Å². The summed E-state index contributed by atoms with van der Waals surface area (Å²) >= 11 is 0. The number of ether oxygens (including phenoxy) is 1. The van der Waals surface area contributed by atoms with Gasteiger partial charge in [-0.25, -0.2) is 0 Å². The molecule has 0 saturated carbocycles. The van der Waals surface area contributed by atoms with E-state index in [4.69, 9.17) is 4.74 Å². The molecular weight excluding hydrogens is 294 g/mol. The number of amides is 2. The summed E-state index contributed by atoms with van der Waals surface area (Å²) < 4.78 is 5.34. The van der Waals surface area contributed by atoms with E-state index in [0.29, 0.717) is 24.4 Å². The fraction of sp³-hybridized carbons (Fsp3) is 0.429. The van der Waals surface area contributed by atoms with Gasteiger partial charge in [0.25, 0.3) is 5.91 Å². The lowest BCUT2D eigenvalue weighted by Gasteiger charge is -2.11. The third-order valence-electron chi connectivity index (χ3n) is 2.60. The first kappa shape index (κ1) is 19.2. The first-order valence-electron chi connectivity index (χ1n) is 6.40. The molecule has 0 aliphatic rings. The predicted molar refractivity (Wildman–Crippen MR) is 85.1 cm³/mol. The molecular formula is C14H22ClN3O3. The Morgan fingerprint density at radius 3 is 2.33 bits per heavy atom. The molecule has 2 amide bonds. The van der Waals surface area contributed by atoms with Crippen LogP contribution in [-0.4, -0.2) is 51.0 Å². The summed E-state index contributed by atoms with van der Waals surface area (Å²) in [7, 11) is 5.15. The predicted octanol–water partition coefficient (Wildman–Crippen LogP) is 1.12. The molecule has 7 heteroatoms. The van der Waals surface area contributed by atoms with Gasteiger partial charge in [0.2, 0.25) is 5.91 Å². The summed E-state index contributed by atoms with van der Waals surface area (Å²) in [6.45, 7) is 0.639. The average molecular weight is 316 g/mol. The van der Waals surface area contributed by atoms with Gasteiger partial charge in [0.15, 0.2) is 6.61 Å². The number of nitrogens with one attached hydrogen (secondary N) is 2. The summed E-state index contributed by atoms with van der Waals surface area (Å²) in [5, 5.41) is 5.69. The molecule has 118 valence electrons. The van der Waals surface area contributed by atoms with Crippen molar-refractivity contribution in [3.63, 3.8) is 0 Å². The summed E-state index contributed by atoms with van der Waals surface area (Å²) in [4.78, 5) is 24.3. The second-order valence-corrected chi connectivity index (χ2v) is 4.50. The number of anilines is 1. The van der Waals surface area contributed by atoms with E-state index in [9.17, 15) is 9.59 Å². The molecule has 0 saturated heterocycles. The largest absolute Gasteiger partial charge is 0.484 e. The van der Waals surface area contributed by atoms with Crippen LogP contribution in [0, 0.1) is 0 Å². The van der Waals surface area contributed by atoms with Crippen molar-refractivity contribution in [2.24, 2.45) is 0 Å². The van der Waals surface area contributed by atoms with E-state index in [1.807, 2.05) is 0 Å². The summed E-state index contributed by atoms with van der Waals surface area (Å²) in [6.07, 6.45) is 0.423. The molecule has 21 heavy (non-hydrogen) atoms. The van der Waals surface area contributed by atoms with E-state index in [1.54, 1.807) is 45.4 Å². The van der Waals surface area contributed by atoms with Crippen LogP contribution in [-0.2, 0) is 9.59 Å². The molecule has 0 unspecified atom stereocenters. The highest BCUT2D eigenvalue weighted by Gasteiger charge is 2.05. The number of nitrogens with zero attached hydrogens (tertiary/aromatic N) is 1. The number of hydrogen-bond acceptors (Lipinski definition) is 4. The van der Waals surface area contributed by atoms with Crippen LogP contribution in [0.3, 0.4) is 0 Å². The number of benzene rings is 1. The Hall–Kier alpha value is -1.79. The van der Waals surface area contributed by atoms with Gasteiger partial charge in [-0.1, -0.05) is 0 Å². The van der Waals surface area contributed by atoms with E-state index in [0.717, 1.165) is 0 Å². The fourth-order valence-corrected chi connectivity index (χ4v) is 1.37. The summed E-state index contributed by atoms with van der Waals surface area (Å²) in [6, 6.07) is 6.92. The van der Waals surface area contributed by atoms with Gasteiger partial charge in [-0.3, -0.25) is 9.59 Å². The van der Waals surface area contributed by atoms with Crippen molar-refractivity contribution in [2.45, 2.75) is 6.42 Å². The molecule has 0 spiro atoms. The molecule has 2 N–H and O–H groups in total. The smallest absolute Gasteiger partial charge is 0.259 e.